The van der Waals surface area contributed by atoms with E-state index in [1.807, 2.05) is 13.0 Å². The van der Waals surface area contributed by atoms with Crippen LogP contribution in [0.25, 0.3) is 28.2 Å². The molecule has 1 fully saturated rings. The summed E-state index contributed by atoms with van der Waals surface area (Å²) in [6, 6.07) is 6.44. The first-order chi connectivity index (χ1) is 12.0. The van der Waals surface area contributed by atoms with Crippen molar-refractivity contribution in [1.82, 2.24) is 10.3 Å². The van der Waals surface area contributed by atoms with Gasteiger partial charge in [-0.15, -0.1) is 0 Å². The molecule has 0 spiro atoms. The molecule has 0 atom stereocenters. The SMILES string of the molecule is Cc1cc(F)cc(-c2cncc3cc(/C=C4\SC(=O)NC4=O)oc23)c1. The lowest BCUT2D eigenvalue weighted by atomic mass is 10.0. The molecule has 3 aromatic rings. The van der Waals surface area contributed by atoms with Gasteiger partial charge < -0.3 is 4.42 Å². The van der Waals surface area contributed by atoms with Gasteiger partial charge in [0, 0.05) is 29.4 Å². The molecular formula is C18H11FN2O3S. The van der Waals surface area contributed by atoms with Crippen LogP contribution in [0.15, 0.2) is 46.0 Å². The highest BCUT2D eigenvalue weighted by molar-refractivity contribution is 8.18. The molecule has 0 saturated carbocycles. The van der Waals surface area contributed by atoms with E-state index >= 15 is 0 Å². The van der Waals surface area contributed by atoms with E-state index in [2.05, 4.69) is 10.3 Å². The molecule has 7 heteroatoms. The van der Waals surface area contributed by atoms with Crippen molar-refractivity contribution < 1.29 is 18.4 Å². The third-order valence-corrected chi connectivity index (χ3v) is 4.52. The number of hydrogen-bond acceptors (Lipinski definition) is 5. The van der Waals surface area contributed by atoms with E-state index in [1.165, 1.54) is 18.2 Å². The minimum atomic E-state index is -0.449. The number of hydrogen-bond donors (Lipinski definition) is 1. The number of nitrogens with zero attached hydrogens (tertiary/aromatic N) is 1. The Bertz CT molecular complexity index is 1050. The third kappa shape index (κ3) is 2.94. The zero-order chi connectivity index (χ0) is 17.6. The highest BCUT2D eigenvalue weighted by Gasteiger charge is 2.25. The van der Waals surface area contributed by atoms with Crippen LogP contribution in [-0.4, -0.2) is 16.1 Å². The minimum Gasteiger partial charge on any atom is -0.456 e. The average molecular weight is 354 g/mol. The number of amides is 2. The molecule has 2 amide bonds. The van der Waals surface area contributed by atoms with Crippen LogP contribution in [0, 0.1) is 12.7 Å². The number of benzene rings is 1. The molecule has 1 aliphatic heterocycles. The first kappa shape index (κ1) is 15.6. The number of nitrogens with one attached hydrogen (secondary N) is 1. The second-order valence-corrected chi connectivity index (χ2v) is 6.64. The standard InChI is InChI=1S/C18H11FN2O3S/c1-9-2-10(4-12(19)3-9)14-8-20-7-11-5-13(24-16(11)14)6-15-17(22)21-18(23)25-15/h2-8H,1H3,(H,21,22,23)/b15-6-. The lowest BCUT2D eigenvalue weighted by Gasteiger charge is -2.04. The van der Waals surface area contributed by atoms with Gasteiger partial charge in [0.15, 0.2) is 0 Å². The van der Waals surface area contributed by atoms with Gasteiger partial charge in [0.1, 0.15) is 17.2 Å². The van der Waals surface area contributed by atoms with Crippen LogP contribution in [-0.2, 0) is 4.79 Å². The van der Waals surface area contributed by atoms with Crippen molar-refractivity contribution in [3.63, 3.8) is 0 Å². The maximum Gasteiger partial charge on any atom is 0.290 e. The average Bonchev–Trinajstić information content (AvgIpc) is 3.08. The molecule has 1 saturated heterocycles. The van der Waals surface area contributed by atoms with Crippen LogP contribution in [0.2, 0.25) is 0 Å². The number of halogens is 1. The van der Waals surface area contributed by atoms with Gasteiger partial charge in [-0.25, -0.2) is 4.39 Å². The van der Waals surface area contributed by atoms with Gasteiger partial charge in [-0.1, -0.05) is 6.07 Å². The third-order valence-electron chi connectivity index (χ3n) is 3.71. The Morgan fingerprint density at radius 2 is 2.04 bits per heavy atom. The lowest BCUT2D eigenvalue weighted by molar-refractivity contribution is -0.115. The summed E-state index contributed by atoms with van der Waals surface area (Å²) >= 11 is 0.819. The second kappa shape index (κ2) is 5.86. The fourth-order valence-corrected chi connectivity index (χ4v) is 3.36. The van der Waals surface area contributed by atoms with Gasteiger partial charge in [0.2, 0.25) is 0 Å². The summed E-state index contributed by atoms with van der Waals surface area (Å²) in [6.07, 6.45) is 4.74. The number of pyridine rings is 1. The molecule has 1 aliphatic rings. The molecule has 0 bridgehead atoms. The Morgan fingerprint density at radius 1 is 1.20 bits per heavy atom. The molecule has 4 rings (SSSR count). The van der Waals surface area contributed by atoms with Crippen LogP contribution in [0.4, 0.5) is 9.18 Å². The summed E-state index contributed by atoms with van der Waals surface area (Å²) in [6.45, 7) is 1.81. The maximum atomic E-state index is 13.7. The molecule has 0 unspecified atom stereocenters. The van der Waals surface area contributed by atoms with E-state index in [1.54, 1.807) is 18.5 Å². The fourth-order valence-electron chi connectivity index (χ4n) is 2.70. The summed E-state index contributed by atoms with van der Waals surface area (Å²) in [5.74, 6) is -0.363. The predicted octanol–water partition coefficient (Wildman–Crippen LogP) is 4.27. The normalized spacial score (nSPS) is 16.0. The maximum absolute atomic E-state index is 13.7. The van der Waals surface area contributed by atoms with Crippen LogP contribution in [0.1, 0.15) is 11.3 Å². The van der Waals surface area contributed by atoms with Crippen LogP contribution < -0.4 is 5.32 Å². The number of thioether (sulfide) groups is 1. The van der Waals surface area contributed by atoms with Crippen LogP contribution >= 0.6 is 11.8 Å². The Morgan fingerprint density at radius 3 is 2.76 bits per heavy atom. The quantitative estimate of drug-likeness (QED) is 0.696. The van der Waals surface area contributed by atoms with Gasteiger partial charge in [-0.2, -0.15) is 0 Å². The van der Waals surface area contributed by atoms with E-state index in [0.29, 0.717) is 22.5 Å². The molecule has 0 aliphatic carbocycles. The topological polar surface area (TPSA) is 72.2 Å². The first-order valence-corrected chi connectivity index (χ1v) is 8.21. The summed E-state index contributed by atoms with van der Waals surface area (Å²) in [5, 5.41) is 2.50. The highest BCUT2D eigenvalue weighted by Crippen LogP contribution is 2.33. The summed E-state index contributed by atoms with van der Waals surface area (Å²) in [7, 11) is 0. The minimum absolute atomic E-state index is 0.264. The van der Waals surface area contributed by atoms with E-state index in [9.17, 15) is 14.0 Å². The monoisotopic (exact) mass is 354 g/mol. The number of rotatable bonds is 2. The van der Waals surface area contributed by atoms with Crippen molar-refractivity contribution in [1.29, 1.82) is 0 Å². The lowest BCUT2D eigenvalue weighted by Crippen LogP contribution is -2.17. The number of fused-ring (bicyclic) bond motifs is 1. The zero-order valence-electron chi connectivity index (χ0n) is 13.0. The van der Waals surface area contributed by atoms with Gasteiger partial charge >= 0.3 is 0 Å². The van der Waals surface area contributed by atoms with Gasteiger partial charge in [0.05, 0.1) is 4.91 Å². The molecule has 2 aromatic heterocycles. The number of aryl methyl sites for hydroxylation is 1. The fraction of sp³-hybridized carbons (Fsp3) is 0.0556. The number of carbonyl (C=O) groups excluding carboxylic acids is 2. The smallest absolute Gasteiger partial charge is 0.290 e. The molecule has 5 nitrogen and oxygen atoms in total. The zero-order valence-corrected chi connectivity index (χ0v) is 13.8. The van der Waals surface area contributed by atoms with E-state index < -0.39 is 11.1 Å². The van der Waals surface area contributed by atoms with Gasteiger partial charge in [-0.05, 0) is 48.0 Å². The van der Waals surface area contributed by atoms with Crippen molar-refractivity contribution in [2.75, 3.05) is 0 Å². The summed E-state index contributed by atoms with van der Waals surface area (Å²) in [4.78, 5) is 27.3. The number of imide groups is 1. The molecule has 25 heavy (non-hydrogen) atoms. The number of furan rings is 1. The van der Waals surface area contributed by atoms with Gasteiger partial charge in [0.25, 0.3) is 11.1 Å². The van der Waals surface area contributed by atoms with Crippen molar-refractivity contribution in [3.05, 3.63) is 58.7 Å². The van der Waals surface area contributed by atoms with Crippen molar-refractivity contribution in [2.24, 2.45) is 0 Å². The first-order valence-electron chi connectivity index (χ1n) is 7.39. The van der Waals surface area contributed by atoms with Crippen molar-refractivity contribution >= 4 is 40.0 Å². The van der Waals surface area contributed by atoms with E-state index in [0.717, 1.165) is 22.7 Å². The molecular weight excluding hydrogens is 343 g/mol. The largest absolute Gasteiger partial charge is 0.456 e. The summed E-state index contributed by atoms with van der Waals surface area (Å²) in [5.41, 5.74) is 2.65. The molecule has 124 valence electrons. The Balaban J connectivity index is 1.83. The van der Waals surface area contributed by atoms with E-state index in [-0.39, 0.29) is 10.7 Å². The Kier molecular flexibility index (Phi) is 3.65. The van der Waals surface area contributed by atoms with Crippen molar-refractivity contribution in [2.45, 2.75) is 6.92 Å². The predicted molar refractivity (Wildman–Crippen MR) is 93.2 cm³/mol. The van der Waals surface area contributed by atoms with Crippen molar-refractivity contribution in [3.8, 4) is 11.1 Å². The van der Waals surface area contributed by atoms with Crippen LogP contribution in [0.5, 0.6) is 0 Å². The van der Waals surface area contributed by atoms with E-state index in [4.69, 9.17) is 4.42 Å². The summed E-state index contributed by atoms with van der Waals surface area (Å²) < 4.78 is 19.6. The Labute approximate surface area is 145 Å². The van der Waals surface area contributed by atoms with Gasteiger partial charge in [-0.3, -0.25) is 19.9 Å². The Hall–Kier alpha value is -2.93. The number of carbonyl (C=O) groups is 2. The second-order valence-electron chi connectivity index (χ2n) is 5.62. The number of aromatic nitrogens is 1. The highest BCUT2D eigenvalue weighted by atomic mass is 32.2. The molecule has 1 aromatic carbocycles. The molecule has 0 radical (unpaired) electrons. The van der Waals surface area contributed by atoms with Crippen LogP contribution in [0.3, 0.4) is 0 Å². The molecule has 3 heterocycles. The molecule has 1 N–H and O–H groups in total.